The maximum atomic E-state index is 10.7. The first kappa shape index (κ1) is 11.6. The molecule has 1 aromatic rings. The highest BCUT2D eigenvalue weighted by Gasteiger charge is 2.09. The Hall–Kier alpha value is -1.48. The Morgan fingerprint density at radius 2 is 2.33 bits per heavy atom. The molecule has 0 fully saturated rings. The zero-order valence-electron chi connectivity index (χ0n) is 8.07. The van der Waals surface area contributed by atoms with E-state index in [0.29, 0.717) is 18.8 Å². The second-order valence-electron chi connectivity index (χ2n) is 2.87. The zero-order valence-corrected chi connectivity index (χ0v) is 8.83. The van der Waals surface area contributed by atoms with Crippen LogP contribution in [0, 0.1) is 0 Å². The first-order valence-electron chi connectivity index (χ1n) is 4.41. The Bertz CT molecular complexity index is 374. The lowest BCUT2D eigenvalue weighted by Crippen LogP contribution is -2.00. The van der Waals surface area contributed by atoms with Gasteiger partial charge in [-0.05, 0) is 24.6 Å². The second-order valence-corrected chi connectivity index (χ2v) is 3.28. The number of ether oxygens (including phenoxy) is 1. The van der Waals surface area contributed by atoms with Gasteiger partial charge in [0.05, 0.1) is 17.2 Å². The van der Waals surface area contributed by atoms with Crippen LogP contribution in [0.3, 0.4) is 0 Å². The Morgan fingerprint density at radius 1 is 1.60 bits per heavy atom. The number of aromatic carboxylic acids is 1. The van der Waals surface area contributed by atoms with E-state index in [1.54, 1.807) is 12.1 Å². The third kappa shape index (κ3) is 3.29. The van der Waals surface area contributed by atoms with Crippen LogP contribution in [0.5, 0.6) is 5.75 Å². The molecule has 0 amide bonds. The van der Waals surface area contributed by atoms with Crippen molar-refractivity contribution in [2.24, 2.45) is 0 Å². The molecule has 1 aromatic carbocycles. The van der Waals surface area contributed by atoms with Crippen molar-refractivity contribution in [3.8, 4) is 5.75 Å². The summed E-state index contributed by atoms with van der Waals surface area (Å²) in [4.78, 5) is 10.7. The Kier molecular flexibility index (Phi) is 4.18. The summed E-state index contributed by atoms with van der Waals surface area (Å²) in [6.45, 7) is 4.03. The number of benzene rings is 1. The lowest BCUT2D eigenvalue weighted by atomic mass is 10.2. The predicted octanol–water partition coefficient (Wildman–Crippen LogP) is 2.99. The van der Waals surface area contributed by atoms with E-state index < -0.39 is 5.97 Å². The lowest BCUT2D eigenvalue weighted by Gasteiger charge is -2.06. The number of carboxylic acids is 1. The summed E-state index contributed by atoms with van der Waals surface area (Å²) in [5.41, 5.74) is 0.0489. The minimum Gasteiger partial charge on any atom is -0.493 e. The van der Waals surface area contributed by atoms with Crippen LogP contribution in [0.2, 0.25) is 5.02 Å². The maximum Gasteiger partial charge on any atom is 0.337 e. The van der Waals surface area contributed by atoms with Crippen molar-refractivity contribution in [2.75, 3.05) is 6.61 Å². The fourth-order valence-electron chi connectivity index (χ4n) is 1.02. The SMILES string of the molecule is C=CCCOc1ccc(Cl)c(C(=O)O)c1. The number of hydrogen-bond donors (Lipinski definition) is 1. The third-order valence-electron chi connectivity index (χ3n) is 1.76. The van der Waals surface area contributed by atoms with Gasteiger partial charge >= 0.3 is 5.97 Å². The number of carboxylic acid groups (broad SMARTS) is 1. The molecule has 0 bridgehead atoms. The molecule has 0 saturated carbocycles. The highest BCUT2D eigenvalue weighted by atomic mass is 35.5. The monoisotopic (exact) mass is 226 g/mol. The van der Waals surface area contributed by atoms with Crippen molar-refractivity contribution < 1.29 is 14.6 Å². The standard InChI is InChI=1S/C11H11ClO3/c1-2-3-6-15-8-4-5-10(12)9(7-8)11(13)14/h2,4-5,7H,1,3,6H2,(H,13,14). The van der Waals surface area contributed by atoms with E-state index in [1.165, 1.54) is 12.1 Å². The van der Waals surface area contributed by atoms with E-state index in [1.807, 2.05) is 0 Å². The van der Waals surface area contributed by atoms with E-state index in [-0.39, 0.29) is 10.6 Å². The van der Waals surface area contributed by atoms with E-state index in [2.05, 4.69) is 6.58 Å². The topological polar surface area (TPSA) is 46.5 Å². The first-order chi connectivity index (χ1) is 7.15. The van der Waals surface area contributed by atoms with Gasteiger partial charge in [-0.25, -0.2) is 4.79 Å². The molecule has 0 spiro atoms. The Morgan fingerprint density at radius 3 is 2.93 bits per heavy atom. The van der Waals surface area contributed by atoms with Crippen LogP contribution in [0.1, 0.15) is 16.8 Å². The van der Waals surface area contributed by atoms with E-state index in [4.69, 9.17) is 21.4 Å². The van der Waals surface area contributed by atoms with E-state index >= 15 is 0 Å². The zero-order chi connectivity index (χ0) is 11.3. The number of halogens is 1. The van der Waals surface area contributed by atoms with Gasteiger partial charge in [0.25, 0.3) is 0 Å². The van der Waals surface area contributed by atoms with Crippen molar-refractivity contribution in [3.05, 3.63) is 41.4 Å². The third-order valence-corrected chi connectivity index (χ3v) is 2.09. The van der Waals surface area contributed by atoms with Crippen LogP contribution in [0.15, 0.2) is 30.9 Å². The van der Waals surface area contributed by atoms with Gasteiger partial charge in [-0.1, -0.05) is 17.7 Å². The van der Waals surface area contributed by atoms with Crippen molar-refractivity contribution >= 4 is 17.6 Å². The number of hydrogen-bond acceptors (Lipinski definition) is 2. The summed E-state index contributed by atoms with van der Waals surface area (Å²) in [6.07, 6.45) is 2.44. The van der Waals surface area contributed by atoms with E-state index in [9.17, 15) is 4.79 Å². The quantitative estimate of drug-likeness (QED) is 0.620. The molecule has 0 heterocycles. The highest BCUT2D eigenvalue weighted by Crippen LogP contribution is 2.22. The molecule has 0 unspecified atom stereocenters. The lowest BCUT2D eigenvalue weighted by molar-refractivity contribution is 0.0696. The van der Waals surface area contributed by atoms with Crippen molar-refractivity contribution in [1.82, 2.24) is 0 Å². The van der Waals surface area contributed by atoms with Gasteiger partial charge in [-0.15, -0.1) is 6.58 Å². The maximum absolute atomic E-state index is 10.7. The molecule has 0 aromatic heterocycles. The van der Waals surface area contributed by atoms with Gasteiger partial charge in [-0.3, -0.25) is 0 Å². The average Bonchev–Trinajstić information content (AvgIpc) is 2.20. The molecule has 0 saturated heterocycles. The Labute approximate surface area is 92.9 Å². The van der Waals surface area contributed by atoms with Gasteiger partial charge in [0.1, 0.15) is 5.75 Å². The smallest absolute Gasteiger partial charge is 0.337 e. The van der Waals surface area contributed by atoms with Gasteiger partial charge < -0.3 is 9.84 Å². The van der Waals surface area contributed by atoms with Crippen LogP contribution in [0.4, 0.5) is 0 Å². The molecule has 0 atom stereocenters. The highest BCUT2D eigenvalue weighted by molar-refractivity contribution is 6.33. The molecule has 0 aliphatic heterocycles. The summed E-state index contributed by atoms with van der Waals surface area (Å²) in [6, 6.07) is 4.56. The number of rotatable bonds is 5. The first-order valence-corrected chi connectivity index (χ1v) is 4.79. The van der Waals surface area contributed by atoms with Crippen molar-refractivity contribution in [3.63, 3.8) is 0 Å². The summed E-state index contributed by atoms with van der Waals surface area (Å²) in [5.74, 6) is -0.562. The molecule has 1 rings (SSSR count). The molecule has 3 nitrogen and oxygen atoms in total. The van der Waals surface area contributed by atoms with Gasteiger partial charge in [-0.2, -0.15) is 0 Å². The molecular weight excluding hydrogens is 216 g/mol. The fraction of sp³-hybridized carbons (Fsp3) is 0.182. The molecule has 15 heavy (non-hydrogen) atoms. The molecular formula is C11H11ClO3. The minimum absolute atomic E-state index is 0.0489. The molecule has 4 heteroatoms. The molecule has 80 valence electrons. The van der Waals surface area contributed by atoms with Gasteiger partial charge in [0, 0.05) is 0 Å². The Balaban J connectivity index is 2.78. The second kappa shape index (κ2) is 5.41. The summed E-state index contributed by atoms with van der Waals surface area (Å²) in [7, 11) is 0. The summed E-state index contributed by atoms with van der Waals surface area (Å²) < 4.78 is 5.30. The van der Waals surface area contributed by atoms with Gasteiger partial charge in [0.15, 0.2) is 0 Å². The molecule has 0 radical (unpaired) electrons. The van der Waals surface area contributed by atoms with Crippen LogP contribution < -0.4 is 4.74 Å². The van der Waals surface area contributed by atoms with Crippen molar-refractivity contribution in [2.45, 2.75) is 6.42 Å². The van der Waals surface area contributed by atoms with E-state index in [0.717, 1.165) is 0 Å². The normalized spacial score (nSPS) is 9.67. The molecule has 0 aliphatic rings. The minimum atomic E-state index is -1.06. The van der Waals surface area contributed by atoms with Crippen LogP contribution >= 0.6 is 11.6 Å². The summed E-state index contributed by atoms with van der Waals surface area (Å²) in [5, 5.41) is 9.01. The van der Waals surface area contributed by atoms with Gasteiger partial charge in [0.2, 0.25) is 0 Å². The van der Waals surface area contributed by atoms with Crippen LogP contribution in [0.25, 0.3) is 0 Å². The number of carbonyl (C=O) groups is 1. The molecule has 0 aliphatic carbocycles. The fourth-order valence-corrected chi connectivity index (χ4v) is 1.22. The molecule has 1 N–H and O–H groups in total. The van der Waals surface area contributed by atoms with Crippen LogP contribution in [-0.2, 0) is 0 Å². The average molecular weight is 227 g/mol. The predicted molar refractivity (Wildman–Crippen MR) is 58.7 cm³/mol. The largest absolute Gasteiger partial charge is 0.493 e. The van der Waals surface area contributed by atoms with Crippen molar-refractivity contribution in [1.29, 1.82) is 0 Å². The summed E-state index contributed by atoms with van der Waals surface area (Å²) >= 11 is 5.70. The van der Waals surface area contributed by atoms with Crippen LogP contribution in [-0.4, -0.2) is 17.7 Å².